The fourth-order valence-electron chi connectivity index (χ4n) is 0.939. The van der Waals surface area contributed by atoms with E-state index in [0.717, 1.165) is 7.11 Å². The molecule has 0 saturated heterocycles. The van der Waals surface area contributed by atoms with Gasteiger partial charge in [0.05, 0.1) is 7.11 Å². The number of ether oxygens (including phenoxy) is 1. The quantitative estimate of drug-likeness (QED) is 0.525. The van der Waals surface area contributed by atoms with Crippen LogP contribution in [0.15, 0.2) is 0 Å². The molecular formula is C6H8F2O2. The smallest absolute Gasteiger partial charge is 0.314 e. The molecule has 0 N–H and O–H groups in total. The monoisotopic (exact) mass is 150 g/mol. The zero-order valence-corrected chi connectivity index (χ0v) is 5.56. The molecule has 4 heteroatoms. The lowest BCUT2D eigenvalue weighted by molar-refractivity contribution is -0.180. The minimum Gasteiger partial charge on any atom is -0.469 e. The van der Waals surface area contributed by atoms with Crippen molar-refractivity contribution >= 4 is 5.97 Å². The Hall–Kier alpha value is -0.670. The van der Waals surface area contributed by atoms with Gasteiger partial charge < -0.3 is 4.74 Å². The van der Waals surface area contributed by atoms with Gasteiger partial charge in [0.25, 0.3) is 5.92 Å². The Bertz CT molecular complexity index is 156. The van der Waals surface area contributed by atoms with Crippen molar-refractivity contribution in [3.05, 3.63) is 0 Å². The normalized spacial score (nSPS) is 28.9. The van der Waals surface area contributed by atoms with Crippen molar-refractivity contribution in [2.24, 2.45) is 5.92 Å². The zero-order valence-electron chi connectivity index (χ0n) is 5.56. The van der Waals surface area contributed by atoms with Gasteiger partial charge in [-0.25, -0.2) is 8.78 Å². The summed E-state index contributed by atoms with van der Waals surface area (Å²) in [4.78, 5) is 10.5. The molecule has 0 aliphatic heterocycles. The lowest BCUT2D eigenvalue weighted by Crippen LogP contribution is -2.44. The van der Waals surface area contributed by atoms with Gasteiger partial charge >= 0.3 is 5.97 Å². The summed E-state index contributed by atoms with van der Waals surface area (Å²) in [6, 6.07) is 0. The fourth-order valence-corrected chi connectivity index (χ4v) is 0.939. The first kappa shape index (κ1) is 7.44. The van der Waals surface area contributed by atoms with E-state index < -0.39 is 17.8 Å². The Kier molecular flexibility index (Phi) is 1.62. The summed E-state index contributed by atoms with van der Waals surface area (Å²) < 4.78 is 28.8. The van der Waals surface area contributed by atoms with E-state index in [9.17, 15) is 13.6 Å². The summed E-state index contributed by atoms with van der Waals surface area (Å²) in [5.41, 5.74) is 0. The first-order valence-electron chi connectivity index (χ1n) is 3.03. The van der Waals surface area contributed by atoms with E-state index >= 15 is 0 Å². The molecule has 1 aliphatic rings. The molecule has 2 nitrogen and oxygen atoms in total. The first-order chi connectivity index (χ1) is 4.58. The number of alkyl halides is 2. The molecule has 0 amide bonds. The van der Waals surface area contributed by atoms with Gasteiger partial charge in [-0.1, -0.05) is 0 Å². The molecule has 10 heavy (non-hydrogen) atoms. The van der Waals surface area contributed by atoms with Crippen LogP contribution in [0, 0.1) is 5.92 Å². The maximum atomic E-state index is 12.3. The number of carbonyl (C=O) groups is 1. The number of rotatable bonds is 1. The molecule has 1 aliphatic carbocycles. The van der Waals surface area contributed by atoms with Crippen LogP contribution in [0.5, 0.6) is 0 Å². The molecular weight excluding hydrogens is 142 g/mol. The molecule has 0 radical (unpaired) electrons. The molecule has 1 unspecified atom stereocenters. The summed E-state index contributed by atoms with van der Waals surface area (Å²) in [6.45, 7) is 0. The van der Waals surface area contributed by atoms with Gasteiger partial charge in [0.15, 0.2) is 0 Å². The average Bonchev–Trinajstić information content (AvgIpc) is 1.86. The molecule has 0 bridgehead atoms. The molecule has 58 valence electrons. The van der Waals surface area contributed by atoms with Crippen molar-refractivity contribution in [2.45, 2.75) is 18.8 Å². The van der Waals surface area contributed by atoms with E-state index in [1.807, 2.05) is 0 Å². The van der Waals surface area contributed by atoms with Crippen LogP contribution in [0.3, 0.4) is 0 Å². The highest BCUT2D eigenvalue weighted by atomic mass is 19.3. The van der Waals surface area contributed by atoms with E-state index in [1.165, 1.54) is 0 Å². The molecule has 0 spiro atoms. The van der Waals surface area contributed by atoms with Gasteiger partial charge in [-0.15, -0.1) is 0 Å². The minimum absolute atomic E-state index is 0.188. The Morgan fingerprint density at radius 2 is 2.30 bits per heavy atom. The van der Waals surface area contributed by atoms with E-state index in [1.54, 1.807) is 0 Å². The van der Waals surface area contributed by atoms with Crippen LogP contribution in [-0.4, -0.2) is 19.0 Å². The second-order valence-electron chi connectivity index (χ2n) is 2.38. The molecule has 1 atom stereocenters. The van der Waals surface area contributed by atoms with Crippen LogP contribution < -0.4 is 0 Å². The molecule has 1 saturated carbocycles. The predicted molar refractivity (Wildman–Crippen MR) is 29.7 cm³/mol. The fraction of sp³-hybridized carbons (Fsp3) is 0.833. The third-order valence-corrected chi connectivity index (χ3v) is 1.76. The van der Waals surface area contributed by atoms with Gasteiger partial charge in [-0.3, -0.25) is 4.79 Å². The van der Waals surface area contributed by atoms with Crippen molar-refractivity contribution in [1.29, 1.82) is 0 Å². The Balaban J connectivity index is 2.51. The number of hydrogen-bond donors (Lipinski definition) is 0. The molecule has 0 aromatic rings. The standard InChI is InChI=1S/C6H8F2O2/c1-10-5(9)4-2-3-6(4,7)8/h4H,2-3H2,1H3. The van der Waals surface area contributed by atoms with Gasteiger partial charge in [0.2, 0.25) is 0 Å². The Labute approximate surface area is 57.2 Å². The van der Waals surface area contributed by atoms with Gasteiger partial charge in [-0.2, -0.15) is 0 Å². The highest BCUT2D eigenvalue weighted by Gasteiger charge is 2.53. The lowest BCUT2D eigenvalue weighted by atomic mass is 9.81. The highest BCUT2D eigenvalue weighted by Crippen LogP contribution is 2.43. The third-order valence-electron chi connectivity index (χ3n) is 1.76. The van der Waals surface area contributed by atoms with Crippen molar-refractivity contribution < 1.29 is 18.3 Å². The second-order valence-corrected chi connectivity index (χ2v) is 2.38. The Morgan fingerprint density at radius 3 is 2.40 bits per heavy atom. The third kappa shape index (κ3) is 0.978. The summed E-state index contributed by atoms with van der Waals surface area (Å²) in [5, 5.41) is 0. The summed E-state index contributed by atoms with van der Waals surface area (Å²) in [5.74, 6) is -4.79. The molecule has 0 aromatic heterocycles. The van der Waals surface area contributed by atoms with Crippen molar-refractivity contribution in [1.82, 2.24) is 0 Å². The maximum Gasteiger partial charge on any atom is 0.314 e. The van der Waals surface area contributed by atoms with Crippen LogP contribution in [0.2, 0.25) is 0 Å². The molecule has 0 heterocycles. The van der Waals surface area contributed by atoms with E-state index in [-0.39, 0.29) is 12.8 Å². The number of methoxy groups -OCH3 is 1. The van der Waals surface area contributed by atoms with Crippen LogP contribution in [0.4, 0.5) is 8.78 Å². The van der Waals surface area contributed by atoms with E-state index in [4.69, 9.17) is 0 Å². The lowest BCUT2D eigenvalue weighted by Gasteiger charge is -2.33. The van der Waals surface area contributed by atoms with Gasteiger partial charge in [0, 0.05) is 6.42 Å². The van der Waals surface area contributed by atoms with Gasteiger partial charge in [-0.05, 0) is 6.42 Å². The minimum atomic E-state index is -2.81. The number of esters is 1. The van der Waals surface area contributed by atoms with Crippen molar-refractivity contribution in [3.63, 3.8) is 0 Å². The summed E-state index contributed by atoms with van der Waals surface area (Å²) >= 11 is 0. The molecule has 1 fully saturated rings. The second kappa shape index (κ2) is 2.18. The van der Waals surface area contributed by atoms with Crippen molar-refractivity contribution in [2.75, 3.05) is 7.11 Å². The van der Waals surface area contributed by atoms with Crippen LogP contribution in [-0.2, 0) is 9.53 Å². The summed E-state index contributed by atoms with van der Waals surface area (Å²) in [6.07, 6.45) is 0.0619. The summed E-state index contributed by atoms with van der Waals surface area (Å²) in [7, 11) is 1.12. The average molecular weight is 150 g/mol. The maximum absolute atomic E-state index is 12.3. The topological polar surface area (TPSA) is 26.3 Å². The largest absolute Gasteiger partial charge is 0.469 e. The number of hydrogen-bond acceptors (Lipinski definition) is 2. The molecule has 1 rings (SSSR count). The zero-order chi connectivity index (χ0) is 7.78. The first-order valence-corrected chi connectivity index (χ1v) is 3.03. The molecule has 0 aromatic carbocycles. The van der Waals surface area contributed by atoms with Gasteiger partial charge in [0.1, 0.15) is 5.92 Å². The Morgan fingerprint density at radius 1 is 1.70 bits per heavy atom. The van der Waals surface area contributed by atoms with Crippen LogP contribution >= 0.6 is 0 Å². The van der Waals surface area contributed by atoms with E-state index in [2.05, 4.69) is 4.74 Å². The van der Waals surface area contributed by atoms with Crippen LogP contribution in [0.25, 0.3) is 0 Å². The van der Waals surface area contributed by atoms with Crippen molar-refractivity contribution in [3.8, 4) is 0 Å². The number of halogens is 2. The van der Waals surface area contributed by atoms with Crippen LogP contribution in [0.1, 0.15) is 12.8 Å². The number of carbonyl (C=O) groups excluding carboxylic acids is 1. The van der Waals surface area contributed by atoms with E-state index in [0.29, 0.717) is 0 Å². The predicted octanol–water partition coefficient (Wildman–Crippen LogP) is 1.20. The SMILES string of the molecule is COC(=O)C1CCC1(F)F. The highest BCUT2D eigenvalue weighted by molar-refractivity contribution is 5.74.